The van der Waals surface area contributed by atoms with Crippen LogP contribution in [0.2, 0.25) is 0 Å². The minimum Gasteiger partial charge on any atom is -0.480 e. The molecular formula is C12H18N4O3. The van der Waals surface area contributed by atoms with E-state index in [1.807, 2.05) is 6.92 Å². The van der Waals surface area contributed by atoms with E-state index in [1.165, 1.54) is 6.33 Å². The maximum Gasteiger partial charge on any atom is 0.326 e. The predicted octanol–water partition coefficient (Wildman–Crippen LogP) is 0.647. The Morgan fingerprint density at radius 3 is 2.79 bits per heavy atom. The highest BCUT2D eigenvalue weighted by Gasteiger charge is 2.34. The van der Waals surface area contributed by atoms with Gasteiger partial charge in [-0.25, -0.2) is 14.6 Å². The molecule has 1 aromatic rings. The lowest BCUT2D eigenvalue weighted by Gasteiger charge is -2.39. The number of carbonyl (C=O) groups excluding carboxylic acids is 1. The van der Waals surface area contributed by atoms with E-state index in [-0.39, 0.29) is 12.0 Å². The molecule has 0 bridgehead atoms. The van der Waals surface area contributed by atoms with Gasteiger partial charge in [-0.1, -0.05) is 0 Å². The van der Waals surface area contributed by atoms with Crippen LogP contribution in [0.25, 0.3) is 0 Å². The second kappa shape index (κ2) is 5.29. The van der Waals surface area contributed by atoms with E-state index in [0.29, 0.717) is 5.69 Å². The average Bonchev–Trinajstić information content (AvgIpc) is 2.78. The standard InChI is InChI=1S/C12H18N4O3/c1-12(3-2-4-12)16-11(19)15-9(10(17)18)5-8-6-13-7-14-8/h6-7,9H,2-5H2,1H3,(H,13,14)(H,17,18)(H2,15,16,19)/t9-/m0/s1. The summed E-state index contributed by atoms with van der Waals surface area (Å²) in [5.41, 5.74) is 0.476. The third kappa shape index (κ3) is 3.46. The lowest BCUT2D eigenvalue weighted by Crippen LogP contribution is -2.57. The van der Waals surface area contributed by atoms with Crippen molar-refractivity contribution < 1.29 is 14.7 Å². The first-order valence-electron chi connectivity index (χ1n) is 6.27. The number of rotatable bonds is 5. The zero-order valence-corrected chi connectivity index (χ0v) is 10.8. The molecule has 0 unspecified atom stereocenters. The third-order valence-corrected chi connectivity index (χ3v) is 3.45. The molecule has 0 saturated heterocycles. The molecule has 1 aliphatic rings. The van der Waals surface area contributed by atoms with E-state index in [9.17, 15) is 9.59 Å². The first-order valence-corrected chi connectivity index (χ1v) is 6.27. The van der Waals surface area contributed by atoms with Gasteiger partial charge in [0.1, 0.15) is 6.04 Å². The summed E-state index contributed by atoms with van der Waals surface area (Å²) in [4.78, 5) is 29.6. The van der Waals surface area contributed by atoms with E-state index in [1.54, 1.807) is 6.20 Å². The molecule has 1 aliphatic carbocycles. The summed E-state index contributed by atoms with van der Waals surface area (Å²) in [5.74, 6) is -1.07. The van der Waals surface area contributed by atoms with Gasteiger partial charge in [0.2, 0.25) is 0 Å². The number of carbonyl (C=O) groups is 2. The number of aromatic nitrogens is 2. The van der Waals surface area contributed by atoms with E-state index in [0.717, 1.165) is 19.3 Å². The summed E-state index contributed by atoms with van der Waals surface area (Å²) >= 11 is 0. The summed E-state index contributed by atoms with van der Waals surface area (Å²) in [6.07, 6.45) is 6.15. The smallest absolute Gasteiger partial charge is 0.326 e. The lowest BCUT2D eigenvalue weighted by atomic mass is 9.79. The first kappa shape index (κ1) is 13.4. The Kier molecular flexibility index (Phi) is 3.73. The van der Waals surface area contributed by atoms with Crippen LogP contribution in [0, 0.1) is 0 Å². The van der Waals surface area contributed by atoms with Gasteiger partial charge >= 0.3 is 12.0 Å². The molecule has 2 rings (SSSR count). The Morgan fingerprint density at radius 1 is 1.58 bits per heavy atom. The molecule has 1 saturated carbocycles. The topological polar surface area (TPSA) is 107 Å². The Hall–Kier alpha value is -2.05. The van der Waals surface area contributed by atoms with Crippen LogP contribution in [0.1, 0.15) is 31.9 Å². The highest BCUT2D eigenvalue weighted by atomic mass is 16.4. The fourth-order valence-corrected chi connectivity index (χ4v) is 2.12. The minimum atomic E-state index is -1.07. The van der Waals surface area contributed by atoms with Crippen molar-refractivity contribution in [3.63, 3.8) is 0 Å². The number of carboxylic acids is 1. The third-order valence-electron chi connectivity index (χ3n) is 3.45. The summed E-state index contributed by atoms with van der Waals surface area (Å²) < 4.78 is 0. The lowest BCUT2D eigenvalue weighted by molar-refractivity contribution is -0.139. The first-order chi connectivity index (χ1) is 8.98. The van der Waals surface area contributed by atoms with Crippen LogP contribution in [0.5, 0.6) is 0 Å². The van der Waals surface area contributed by atoms with Crippen molar-refractivity contribution in [2.45, 2.75) is 44.2 Å². The van der Waals surface area contributed by atoms with Crippen LogP contribution >= 0.6 is 0 Å². The predicted molar refractivity (Wildman–Crippen MR) is 67.6 cm³/mol. The number of nitrogens with zero attached hydrogens (tertiary/aromatic N) is 1. The van der Waals surface area contributed by atoms with Crippen molar-refractivity contribution in [3.8, 4) is 0 Å². The Morgan fingerprint density at radius 2 is 2.32 bits per heavy atom. The molecule has 7 heteroatoms. The zero-order valence-electron chi connectivity index (χ0n) is 10.8. The number of amides is 2. The van der Waals surface area contributed by atoms with Gasteiger partial charge in [0.15, 0.2) is 0 Å². The summed E-state index contributed by atoms with van der Waals surface area (Å²) in [7, 11) is 0. The minimum absolute atomic E-state index is 0.180. The van der Waals surface area contributed by atoms with E-state index < -0.39 is 18.0 Å². The van der Waals surface area contributed by atoms with Crippen molar-refractivity contribution in [2.75, 3.05) is 0 Å². The van der Waals surface area contributed by atoms with Gasteiger partial charge in [-0.3, -0.25) is 0 Å². The van der Waals surface area contributed by atoms with Gasteiger partial charge in [-0.2, -0.15) is 0 Å². The number of H-pyrrole nitrogens is 1. The van der Waals surface area contributed by atoms with Crippen molar-refractivity contribution in [2.24, 2.45) is 0 Å². The molecular weight excluding hydrogens is 248 g/mol. The normalized spacial score (nSPS) is 18.2. The highest BCUT2D eigenvalue weighted by Crippen LogP contribution is 2.30. The summed E-state index contributed by atoms with van der Waals surface area (Å²) in [6.45, 7) is 1.96. The van der Waals surface area contributed by atoms with Crippen LogP contribution < -0.4 is 10.6 Å². The van der Waals surface area contributed by atoms with Gasteiger partial charge < -0.3 is 20.7 Å². The monoisotopic (exact) mass is 266 g/mol. The van der Waals surface area contributed by atoms with Crippen molar-refractivity contribution in [1.82, 2.24) is 20.6 Å². The molecule has 7 nitrogen and oxygen atoms in total. The summed E-state index contributed by atoms with van der Waals surface area (Å²) in [6, 6.07) is -1.40. The van der Waals surface area contributed by atoms with E-state index in [4.69, 9.17) is 5.11 Å². The molecule has 0 spiro atoms. The SMILES string of the molecule is CC1(NC(=O)N[C@@H](Cc2cnc[nH]2)C(=O)O)CCC1. The van der Waals surface area contributed by atoms with Crippen molar-refractivity contribution in [1.29, 1.82) is 0 Å². The average molecular weight is 266 g/mol. The van der Waals surface area contributed by atoms with Crippen LogP contribution in [-0.4, -0.2) is 38.7 Å². The zero-order chi connectivity index (χ0) is 13.9. The molecule has 1 fully saturated rings. The number of aliphatic carboxylic acids is 1. The molecule has 2 amide bonds. The van der Waals surface area contributed by atoms with Gasteiger partial charge in [0.05, 0.1) is 6.33 Å². The molecule has 104 valence electrons. The van der Waals surface area contributed by atoms with Gasteiger partial charge in [0, 0.05) is 23.9 Å². The molecule has 1 aromatic heterocycles. The van der Waals surface area contributed by atoms with Crippen molar-refractivity contribution in [3.05, 3.63) is 18.2 Å². The van der Waals surface area contributed by atoms with Crippen LogP contribution in [-0.2, 0) is 11.2 Å². The number of hydrogen-bond donors (Lipinski definition) is 4. The number of nitrogens with one attached hydrogen (secondary N) is 3. The second-order valence-corrected chi connectivity index (χ2v) is 5.18. The fraction of sp³-hybridized carbons (Fsp3) is 0.583. The quantitative estimate of drug-likeness (QED) is 0.627. The molecule has 0 aliphatic heterocycles. The van der Waals surface area contributed by atoms with Crippen LogP contribution in [0.15, 0.2) is 12.5 Å². The molecule has 4 N–H and O–H groups in total. The highest BCUT2D eigenvalue weighted by molar-refractivity contribution is 5.83. The molecule has 1 heterocycles. The Balaban J connectivity index is 1.89. The number of imidazole rings is 1. The maximum atomic E-state index is 11.8. The number of urea groups is 1. The van der Waals surface area contributed by atoms with E-state index in [2.05, 4.69) is 20.6 Å². The molecule has 0 aromatic carbocycles. The van der Waals surface area contributed by atoms with E-state index >= 15 is 0 Å². The van der Waals surface area contributed by atoms with Gasteiger partial charge in [0.25, 0.3) is 0 Å². The molecule has 0 radical (unpaired) electrons. The number of hydrogen-bond acceptors (Lipinski definition) is 3. The van der Waals surface area contributed by atoms with Crippen LogP contribution in [0.4, 0.5) is 4.79 Å². The van der Waals surface area contributed by atoms with Crippen LogP contribution in [0.3, 0.4) is 0 Å². The number of aromatic amines is 1. The molecule has 19 heavy (non-hydrogen) atoms. The molecule has 1 atom stereocenters. The van der Waals surface area contributed by atoms with Crippen molar-refractivity contribution >= 4 is 12.0 Å². The Bertz CT molecular complexity index is 454. The second-order valence-electron chi connectivity index (χ2n) is 5.18. The number of carboxylic acid groups (broad SMARTS) is 1. The largest absolute Gasteiger partial charge is 0.480 e. The van der Waals surface area contributed by atoms with Gasteiger partial charge in [-0.05, 0) is 26.2 Å². The maximum absolute atomic E-state index is 11.8. The van der Waals surface area contributed by atoms with Gasteiger partial charge in [-0.15, -0.1) is 0 Å². The Labute approximate surface area is 110 Å². The fourth-order valence-electron chi connectivity index (χ4n) is 2.12. The summed E-state index contributed by atoms with van der Waals surface area (Å²) in [5, 5.41) is 14.4.